The van der Waals surface area contributed by atoms with E-state index < -0.39 is 0 Å². The Balaban J connectivity index is 2.09. The highest BCUT2D eigenvalue weighted by Crippen LogP contribution is 2.25. The van der Waals surface area contributed by atoms with E-state index in [1.807, 2.05) is 6.20 Å². The molecule has 0 aromatic carbocycles. The molecule has 1 atom stereocenters. The SMILES string of the molecule is CC(C)Cn1ccnc1C1CCCNCC1. The Kier molecular flexibility index (Phi) is 3.99. The normalized spacial score (nSPS) is 22.3. The van der Waals surface area contributed by atoms with E-state index in [2.05, 4.69) is 34.9 Å². The van der Waals surface area contributed by atoms with Gasteiger partial charge in [0.2, 0.25) is 0 Å². The lowest BCUT2D eigenvalue weighted by Crippen LogP contribution is -2.15. The summed E-state index contributed by atoms with van der Waals surface area (Å²) in [6.45, 7) is 7.93. The summed E-state index contributed by atoms with van der Waals surface area (Å²) < 4.78 is 2.35. The second kappa shape index (κ2) is 5.48. The third-order valence-corrected chi connectivity index (χ3v) is 3.25. The second-order valence-electron chi connectivity index (χ2n) is 5.21. The zero-order chi connectivity index (χ0) is 11.4. The van der Waals surface area contributed by atoms with Crippen molar-refractivity contribution in [1.82, 2.24) is 14.9 Å². The van der Waals surface area contributed by atoms with Gasteiger partial charge < -0.3 is 9.88 Å². The first-order valence-electron chi connectivity index (χ1n) is 6.49. The number of nitrogens with one attached hydrogen (secondary N) is 1. The van der Waals surface area contributed by atoms with Gasteiger partial charge in [-0.25, -0.2) is 4.98 Å². The minimum absolute atomic E-state index is 0.656. The van der Waals surface area contributed by atoms with Crippen LogP contribution < -0.4 is 5.32 Å². The summed E-state index contributed by atoms with van der Waals surface area (Å²) in [6.07, 6.45) is 7.88. The number of nitrogens with zero attached hydrogens (tertiary/aromatic N) is 2. The molecule has 90 valence electrons. The van der Waals surface area contributed by atoms with Crippen LogP contribution in [0.25, 0.3) is 0 Å². The van der Waals surface area contributed by atoms with Crippen LogP contribution in [0.5, 0.6) is 0 Å². The molecule has 0 bridgehead atoms. The Morgan fingerprint density at radius 3 is 3.12 bits per heavy atom. The number of rotatable bonds is 3. The molecule has 0 radical (unpaired) electrons. The van der Waals surface area contributed by atoms with Crippen LogP contribution in [0.2, 0.25) is 0 Å². The molecule has 0 aliphatic carbocycles. The maximum atomic E-state index is 4.57. The first-order chi connectivity index (χ1) is 7.77. The summed E-state index contributed by atoms with van der Waals surface area (Å²) in [5.41, 5.74) is 0. The molecule has 16 heavy (non-hydrogen) atoms. The van der Waals surface area contributed by atoms with Crippen molar-refractivity contribution in [1.29, 1.82) is 0 Å². The van der Waals surface area contributed by atoms with E-state index in [1.165, 1.54) is 31.6 Å². The molecule has 1 saturated heterocycles. The molecule has 0 spiro atoms. The Morgan fingerprint density at radius 1 is 1.44 bits per heavy atom. The standard InChI is InChI=1S/C13H23N3/c1-11(2)10-16-9-8-15-13(16)12-4-3-6-14-7-5-12/h8-9,11-12,14H,3-7,10H2,1-2H3. The molecule has 2 heterocycles. The van der Waals surface area contributed by atoms with Crippen LogP contribution in [-0.4, -0.2) is 22.6 Å². The summed E-state index contributed by atoms with van der Waals surface area (Å²) >= 11 is 0. The van der Waals surface area contributed by atoms with E-state index in [0.29, 0.717) is 11.8 Å². The van der Waals surface area contributed by atoms with Gasteiger partial charge in [-0.2, -0.15) is 0 Å². The fourth-order valence-electron chi connectivity index (χ4n) is 2.51. The molecule has 1 fully saturated rings. The molecule has 0 amide bonds. The van der Waals surface area contributed by atoms with Crippen LogP contribution in [0.1, 0.15) is 44.9 Å². The zero-order valence-electron chi connectivity index (χ0n) is 10.4. The molecule has 1 unspecified atom stereocenters. The van der Waals surface area contributed by atoms with Crippen molar-refractivity contribution in [2.24, 2.45) is 5.92 Å². The van der Waals surface area contributed by atoms with Gasteiger partial charge in [-0.1, -0.05) is 13.8 Å². The van der Waals surface area contributed by atoms with E-state index in [4.69, 9.17) is 0 Å². The fourth-order valence-corrected chi connectivity index (χ4v) is 2.51. The van der Waals surface area contributed by atoms with Gasteiger partial charge in [-0.15, -0.1) is 0 Å². The smallest absolute Gasteiger partial charge is 0.111 e. The van der Waals surface area contributed by atoms with Crippen LogP contribution in [0, 0.1) is 5.92 Å². The van der Waals surface area contributed by atoms with Crippen LogP contribution in [0.4, 0.5) is 0 Å². The van der Waals surface area contributed by atoms with Crippen LogP contribution in [0.15, 0.2) is 12.4 Å². The lowest BCUT2D eigenvalue weighted by Gasteiger charge is -2.17. The maximum absolute atomic E-state index is 4.57. The fraction of sp³-hybridized carbons (Fsp3) is 0.769. The van der Waals surface area contributed by atoms with Gasteiger partial charge in [0, 0.05) is 24.9 Å². The van der Waals surface area contributed by atoms with Crippen molar-refractivity contribution >= 4 is 0 Å². The minimum Gasteiger partial charge on any atom is -0.334 e. The van der Waals surface area contributed by atoms with Gasteiger partial charge >= 0.3 is 0 Å². The van der Waals surface area contributed by atoms with Crippen molar-refractivity contribution in [3.05, 3.63) is 18.2 Å². The van der Waals surface area contributed by atoms with E-state index in [0.717, 1.165) is 13.1 Å². The highest BCUT2D eigenvalue weighted by Gasteiger charge is 2.18. The first-order valence-corrected chi connectivity index (χ1v) is 6.49. The van der Waals surface area contributed by atoms with Gasteiger partial charge in [-0.05, 0) is 38.3 Å². The van der Waals surface area contributed by atoms with Crippen LogP contribution in [0.3, 0.4) is 0 Å². The Labute approximate surface area is 98.3 Å². The minimum atomic E-state index is 0.656. The highest BCUT2D eigenvalue weighted by atomic mass is 15.1. The molecule has 3 nitrogen and oxygen atoms in total. The largest absolute Gasteiger partial charge is 0.334 e. The molecule has 2 rings (SSSR count). The average molecular weight is 221 g/mol. The van der Waals surface area contributed by atoms with Gasteiger partial charge in [0.15, 0.2) is 0 Å². The Bertz CT molecular complexity index is 309. The number of hydrogen-bond donors (Lipinski definition) is 1. The molecular formula is C13H23N3. The zero-order valence-corrected chi connectivity index (χ0v) is 10.4. The van der Waals surface area contributed by atoms with Gasteiger partial charge in [0.1, 0.15) is 5.82 Å². The molecule has 0 saturated carbocycles. The summed E-state index contributed by atoms with van der Waals surface area (Å²) in [4.78, 5) is 4.57. The average Bonchev–Trinajstić information content (AvgIpc) is 2.53. The molecular weight excluding hydrogens is 198 g/mol. The number of hydrogen-bond acceptors (Lipinski definition) is 2. The second-order valence-corrected chi connectivity index (χ2v) is 5.21. The molecule has 1 aliphatic heterocycles. The Hall–Kier alpha value is -0.830. The number of imidazole rings is 1. The van der Waals surface area contributed by atoms with Crippen molar-refractivity contribution < 1.29 is 0 Å². The lowest BCUT2D eigenvalue weighted by molar-refractivity contribution is 0.471. The maximum Gasteiger partial charge on any atom is 0.111 e. The van der Waals surface area contributed by atoms with Crippen LogP contribution >= 0.6 is 0 Å². The third kappa shape index (κ3) is 2.85. The molecule has 1 aromatic heterocycles. The van der Waals surface area contributed by atoms with Crippen molar-refractivity contribution in [2.75, 3.05) is 13.1 Å². The summed E-state index contributed by atoms with van der Waals surface area (Å²) in [7, 11) is 0. The monoisotopic (exact) mass is 221 g/mol. The third-order valence-electron chi connectivity index (χ3n) is 3.25. The Morgan fingerprint density at radius 2 is 2.31 bits per heavy atom. The highest BCUT2D eigenvalue weighted by molar-refractivity contribution is 5.01. The topological polar surface area (TPSA) is 29.9 Å². The van der Waals surface area contributed by atoms with Crippen LogP contribution in [-0.2, 0) is 6.54 Å². The van der Waals surface area contributed by atoms with Crippen molar-refractivity contribution in [3.8, 4) is 0 Å². The summed E-state index contributed by atoms with van der Waals surface area (Å²) in [5.74, 6) is 2.65. The van der Waals surface area contributed by atoms with E-state index in [-0.39, 0.29) is 0 Å². The first kappa shape index (κ1) is 11.6. The summed E-state index contributed by atoms with van der Waals surface area (Å²) in [6, 6.07) is 0. The number of aromatic nitrogens is 2. The van der Waals surface area contributed by atoms with Crippen molar-refractivity contribution in [2.45, 2.75) is 45.6 Å². The van der Waals surface area contributed by atoms with Gasteiger partial charge in [-0.3, -0.25) is 0 Å². The van der Waals surface area contributed by atoms with Crippen molar-refractivity contribution in [3.63, 3.8) is 0 Å². The van der Waals surface area contributed by atoms with Gasteiger partial charge in [0.05, 0.1) is 0 Å². The van der Waals surface area contributed by atoms with E-state index in [9.17, 15) is 0 Å². The molecule has 1 aromatic rings. The van der Waals surface area contributed by atoms with Gasteiger partial charge in [0.25, 0.3) is 0 Å². The quantitative estimate of drug-likeness (QED) is 0.849. The van der Waals surface area contributed by atoms with E-state index >= 15 is 0 Å². The molecule has 1 aliphatic rings. The molecule has 1 N–H and O–H groups in total. The molecule has 3 heteroatoms. The lowest BCUT2D eigenvalue weighted by atomic mass is 9.99. The predicted octanol–water partition coefficient (Wildman–Crippen LogP) is 2.40. The van der Waals surface area contributed by atoms with E-state index in [1.54, 1.807) is 0 Å². The predicted molar refractivity (Wildman–Crippen MR) is 66.5 cm³/mol. The summed E-state index contributed by atoms with van der Waals surface area (Å²) in [5, 5.41) is 3.46.